The van der Waals surface area contributed by atoms with Gasteiger partial charge in [-0.1, -0.05) is 6.92 Å². The van der Waals surface area contributed by atoms with Crippen molar-refractivity contribution in [2.75, 3.05) is 33.7 Å². The number of nitrogens with zero attached hydrogens (tertiary/aromatic N) is 2. The molecule has 0 bridgehead atoms. The smallest absolute Gasteiger partial charge is 0.0232 e. The second-order valence-corrected chi connectivity index (χ2v) is 5.92. The summed E-state index contributed by atoms with van der Waals surface area (Å²) >= 11 is 0. The molecule has 0 aromatic heterocycles. The fraction of sp³-hybridized carbons (Fsp3) is 1.00. The molecule has 1 heterocycles. The summed E-state index contributed by atoms with van der Waals surface area (Å²) in [5.74, 6) is 2.06. The molecule has 2 nitrogen and oxygen atoms in total. The number of hydrogen-bond acceptors (Lipinski definition) is 2. The molecule has 0 radical (unpaired) electrons. The Morgan fingerprint density at radius 1 is 1.33 bits per heavy atom. The maximum Gasteiger partial charge on any atom is 0.0232 e. The van der Waals surface area contributed by atoms with Crippen LogP contribution < -0.4 is 0 Å². The molecule has 0 amide bonds. The van der Waals surface area contributed by atoms with E-state index in [1.165, 1.54) is 45.3 Å². The van der Waals surface area contributed by atoms with Crippen LogP contribution in [-0.4, -0.2) is 49.6 Å². The summed E-state index contributed by atoms with van der Waals surface area (Å²) in [6, 6.07) is 0.826. The fourth-order valence-electron chi connectivity index (χ4n) is 3.15. The van der Waals surface area contributed by atoms with Crippen molar-refractivity contribution in [2.45, 2.75) is 38.6 Å². The Hall–Kier alpha value is -0.0800. The normalized spacial score (nSPS) is 37.2. The van der Waals surface area contributed by atoms with Crippen LogP contribution in [0.5, 0.6) is 0 Å². The van der Waals surface area contributed by atoms with Crippen molar-refractivity contribution in [2.24, 2.45) is 11.8 Å². The highest BCUT2D eigenvalue weighted by Crippen LogP contribution is 2.35. The molecule has 0 aromatic rings. The molecule has 2 rings (SSSR count). The van der Waals surface area contributed by atoms with Crippen LogP contribution in [0.25, 0.3) is 0 Å². The van der Waals surface area contributed by atoms with Crippen LogP contribution in [0.15, 0.2) is 0 Å². The summed E-state index contributed by atoms with van der Waals surface area (Å²) < 4.78 is 0. The summed E-state index contributed by atoms with van der Waals surface area (Å²) in [6.07, 6.45) is 5.77. The van der Waals surface area contributed by atoms with E-state index in [2.05, 4.69) is 30.8 Å². The second kappa shape index (κ2) is 4.84. The molecule has 0 spiro atoms. The zero-order valence-electron chi connectivity index (χ0n) is 10.6. The van der Waals surface area contributed by atoms with Gasteiger partial charge in [-0.25, -0.2) is 0 Å². The van der Waals surface area contributed by atoms with E-state index in [0.29, 0.717) is 0 Å². The minimum atomic E-state index is 0.826. The van der Waals surface area contributed by atoms with Gasteiger partial charge in [-0.15, -0.1) is 0 Å². The van der Waals surface area contributed by atoms with E-state index in [1.807, 2.05) is 0 Å². The molecule has 1 atom stereocenters. The monoisotopic (exact) mass is 210 g/mol. The zero-order chi connectivity index (χ0) is 10.8. The van der Waals surface area contributed by atoms with Gasteiger partial charge in [0.2, 0.25) is 0 Å². The third-order valence-corrected chi connectivity index (χ3v) is 4.35. The first-order valence-corrected chi connectivity index (χ1v) is 6.54. The Morgan fingerprint density at radius 2 is 2.07 bits per heavy atom. The van der Waals surface area contributed by atoms with E-state index in [-0.39, 0.29) is 0 Å². The first-order chi connectivity index (χ1) is 7.15. The first-order valence-electron chi connectivity index (χ1n) is 6.54. The lowest BCUT2D eigenvalue weighted by Crippen LogP contribution is -2.36. The largest absolute Gasteiger partial charge is 0.305 e. The maximum atomic E-state index is 2.59. The third-order valence-electron chi connectivity index (χ3n) is 4.35. The van der Waals surface area contributed by atoms with Crippen molar-refractivity contribution < 1.29 is 0 Å². The van der Waals surface area contributed by atoms with Gasteiger partial charge in [-0.2, -0.15) is 0 Å². The van der Waals surface area contributed by atoms with Crippen molar-refractivity contribution >= 4 is 0 Å². The topological polar surface area (TPSA) is 6.48 Å². The van der Waals surface area contributed by atoms with Crippen molar-refractivity contribution in [3.05, 3.63) is 0 Å². The quantitative estimate of drug-likeness (QED) is 0.701. The summed E-state index contributed by atoms with van der Waals surface area (Å²) in [5, 5.41) is 0. The van der Waals surface area contributed by atoms with E-state index in [9.17, 15) is 0 Å². The highest BCUT2D eigenvalue weighted by Gasteiger charge is 2.27. The molecule has 2 fully saturated rings. The lowest BCUT2D eigenvalue weighted by atomic mass is 9.74. The van der Waals surface area contributed by atoms with Gasteiger partial charge in [0.25, 0.3) is 0 Å². The molecule has 1 unspecified atom stereocenters. The molecule has 0 N–H and O–H groups in total. The number of likely N-dealkylation sites (N-methyl/N-ethyl adjacent to an activating group) is 2. The van der Waals surface area contributed by atoms with Gasteiger partial charge in [0, 0.05) is 12.6 Å². The van der Waals surface area contributed by atoms with Crippen molar-refractivity contribution in [1.29, 1.82) is 0 Å². The lowest BCUT2D eigenvalue weighted by molar-refractivity contribution is 0.159. The Morgan fingerprint density at radius 3 is 2.60 bits per heavy atom. The Bertz CT molecular complexity index is 199. The van der Waals surface area contributed by atoms with Crippen LogP contribution >= 0.6 is 0 Å². The lowest BCUT2D eigenvalue weighted by Gasteiger charge is -2.34. The average molecular weight is 210 g/mol. The van der Waals surface area contributed by atoms with Crippen LogP contribution in [0, 0.1) is 11.8 Å². The predicted octanol–water partition coefficient (Wildman–Crippen LogP) is 2.06. The molecule has 1 saturated carbocycles. The van der Waals surface area contributed by atoms with Gasteiger partial charge in [-0.05, 0) is 64.7 Å². The number of likely N-dealkylation sites (tertiary alicyclic amines) is 1. The average Bonchev–Trinajstić information content (AvgIpc) is 2.57. The molecule has 2 aliphatic rings. The minimum absolute atomic E-state index is 0.826. The second-order valence-electron chi connectivity index (χ2n) is 5.92. The highest BCUT2D eigenvalue weighted by molar-refractivity contribution is 4.82. The van der Waals surface area contributed by atoms with Crippen LogP contribution in [-0.2, 0) is 0 Å². The number of rotatable bonds is 4. The van der Waals surface area contributed by atoms with Gasteiger partial charge < -0.3 is 9.80 Å². The van der Waals surface area contributed by atoms with E-state index in [4.69, 9.17) is 0 Å². The Balaban J connectivity index is 1.62. The molecule has 1 saturated heterocycles. The van der Waals surface area contributed by atoms with Crippen LogP contribution in [0.4, 0.5) is 0 Å². The fourth-order valence-corrected chi connectivity index (χ4v) is 3.15. The predicted molar refractivity (Wildman–Crippen MR) is 65.0 cm³/mol. The van der Waals surface area contributed by atoms with Crippen LogP contribution in [0.3, 0.4) is 0 Å². The van der Waals surface area contributed by atoms with E-state index < -0.39 is 0 Å². The van der Waals surface area contributed by atoms with Gasteiger partial charge in [0.15, 0.2) is 0 Å². The van der Waals surface area contributed by atoms with Gasteiger partial charge in [-0.3, -0.25) is 0 Å². The van der Waals surface area contributed by atoms with Crippen LogP contribution in [0.1, 0.15) is 32.6 Å². The molecule has 88 valence electrons. The van der Waals surface area contributed by atoms with E-state index in [1.54, 1.807) is 0 Å². The summed E-state index contributed by atoms with van der Waals surface area (Å²) in [4.78, 5) is 5.04. The highest BCUT2D eigenvalue weighted by atomic mass is 15.2. The third kappa shape index (κ3) is 2.94. The van der Waals surface area contributed by atoms with E-state index in [0.717, 1.165) is 17.9 Å². The maximum absolute atomic E-state index is 2.59. The molecular formula is C13H26N2. The number of hydrogen-bond donors (Lipinski definition) is 0. The molecular weight excluding hydrogens is 184 g/mol. The summed E-state index contributed by atoms with van der Waals surface area (Å²) in [5.41, 5.74) is 0. The molecule has 0 aromatic carbocycles. The van der Waals surface area contributed by atoms with Crippen molar-refractivity contribution in [3.8, 4) is 0 Å². The van der Waals surface area contributed by atoms with Gasteiger partial charge >= 0.3 is 0 Å². The summed E-state index contributed by atoms with van der Waals surface area (Å²) in [7, 11) is 4.55. The van der Waals surface area contributed by atoms with Gasteiger partial charge in [0.1, 0.15) is 0 Å². The SMILES string of the molecule is CC1CC(CCN(C)C2CCN(C)C2)C1. The first kappa shape index (κ1) is 11.4. The van der Waals surface area contributed by atoms with Gasteiger partial charge in [0.05, 0.1) is 0 Å². The van der Waals surface area contributed by atoms with E-state index >= 15 is 0 Å². The molecule has 1 aliphatic heterocycles. The Kier molecular flexibility index (Phi) is 3.68. The zero-order valence-corrected chi connectivity index (χ0v) is 10.6. The van der Waals surface area contributed by atoms with Crippen LogP contribution in [0.2, 0.25) is 0 Å². The molecule has 1 aliphatic carbocycles. The molecule has 2 heteroatoms. The Labute approximate surface area is 94.6 Å². The van der Waals surface area contributed by atoms with Crippen molar-refractivity contribution in [3.63, 3.8) is 0 Å². The summed E-state index contributed by atoms with van der Waals surface area (Å²) in [6.45, 7) is 6.26. The molecule has 15 heavy (non-hydrogen) atoms. The van der Waals surface area contributed by atoms with Crippen molar-refractivity contribution in [1.82, 2.24) is 9.80 Å². The minimum Gasteiger partial charge on any atom is -0.305 e. The standard InChI is InChI=1S/C13H26N2/c1-11-8-12(9-11)4-7-15(3)13-5-6-14(2)10-13/h11-13H,4-10H2,1-3H3.